The highest BCUT2D eigenvalue weighted by Gasteiger charge is 2.20. The number of allylic oxidation sites excluding steroid dienone is 3. The predicted molar refractivity (Wildman–Crippen MR) is 84.9 cm³/mol. The van der Waals surface area contributed by atoms with Crippen molar-refractivity contribution in [2.75, 3.05) is 46.2 Å². The van der Waals surface area contributed by atoms with E-state index in [-0.39, 0.29) is 5.78 Å². The number of sulfonamides is 1. The summed E-state index contributed by atoms with van der Waals surface area (Å²) in [5.74, 6) is 0.110. The van der Waals surface area contributed by atoms with E-state index in [9.17, 15) is 13.2 Å². The summed E-state index contributed by atoms with van der Waals surface area (Å²) in [5.41, 5.74) is 1.31. The molecule has 0 aromatic heterocycles. The molecule has 0 saturated carbocycles. The zero-order valence-corrected chi connectivity index (χ0v) is 14.1. The van der Waals surface area contributed by atoms with Crippen molar-refractivity contribution in [3.05, 3.63) is 23.4 Å². The maximum atomic E-state index is 12.3. The van der Waals surface area contributed by atoms with Crippen LogP contribution in [0.5, 0.6) is 0 Å². The fraction of sp³-hybridized carbons (Fsp3) is 0.667. The largest absolute Gasteiger partial charge is 0.379 e. The first-order valence-corrected chi connectivity index (χ1v) is 9.40. The lowest BCUT2D eigenvalue weighted by Gasteiger charge is -2.26. The molecule has 1 aliphatic carbocycles. The summed E-state index contributed by atoms with van der Waals surface area (Å²) < 4.78 is 29.7. The smallest absolute Gasteiger partial charge is 0.231 e. The van der Waals surface area contributed by atoms with E-state index in [1.54, 1.807) is 6.08 Å². The second kappa shape index (κ2) is 7.39. The number of rotatable bonds is 6. The molecule has 1 heterocycles. The first-order chi connectivity index (χ1) is 10.4. The van der Waals surface area contributed by atoms with Gasteiger partial charge in [-0.1, -0.05) is 6.08 Å². The van der Waals surface area contributed by atoms with Crippen molar-refractivity contribution in [3.63, 3.8) is 0 Å². The van der Waals surface area contributed by atoms with Gasteiger partial charge in [-0.3, -0.25) is 14.0 Å². The third kappa shape index (κ3) is 4.66. The Labute approximate surface area is 132 Å². The van der Waals surface area contributed by atoms with E-state index < -0.39 is 10.0 Å². The average molecular weight is 328 g/mol. The summed E-state index contributed by atoms with van der Waals surface area (Å²) in [5, 5.41) is 0. The van der Waals surface area contributed by atoms with Crippen LogP contribution in [0.3, 0.4) is 0 Å². The molecule has 0 bridgehead atoms. The molecule has 0 radical (unpaired) electrons. The summed E-state index contributed by atoms with van der Waals surface area (Å²) in [6, 6.07) is 0. The zero-order chi connectivity index (χ0) is 16.2. The van der Waals surface area contributed by atoms with E-state index in [1.165, 1.54) is 11.4 Å². The van der Waals surface area contributed by atoms with Gasteiger partial charge >= 0.3 is 0 Å². The van der Waals surface area contributed by atoms with Gasteiger partial charge < -0.3 is 4.74 Å². The van der Waals surface area contributed by atoms with Gasteiger partial charge in [-0.15, -0.1) is 0 Å². The van der Waals surface area contributed by atoms with Crippen molar-refractivity contribution >= 4 is 15.8 Å². The molecule has 2 rings (SSSR count). The molecular weight excluding hydrogens is 304 g/mol. The highest BCUT2D eigenvalue weighted by molar-refractivity contribution is 7.88. The molecular formula is C15H24N2O4S. The lowest BCUT2D eigenvalue weighted by Crippen LogP contribution is -2.37. The van der Waals surface area contributed by atoms with Crippen LogP contribution >= 0.6 is 0 Å². The lowest BCUT2D eigenvalue weighted by atomic mass is 9.97. The Kier molecular flexibility index (Phi) is 5.77. The summed E-state index contributed by atoms with van der Waals surface area (Å²) in [7, 11) is -1.78. The maximum absolute atomic E-state index is 12.3. The minimum absolute atomic E-state index is 0.110. The van der Waals surface area contributed by atoms with E-state index in [0.717, 1.165) is 44.7 Å². The molecule has 2 aliphatic rings. The number of carbonyl (C=O) groups excluding carboxylic acids is 1. The molecule has 0 aromatic carbocycles. The minimum atomic E-state index is -3.29. The van der Waals surface area contributed by atoms with Crippen LogP contribution in [-0.4, -0.2) is 69.6 Å². The Balaban J connectivity index is 1.94. The van der Waals surface area contributed by atoms with Gasteiger partial charge in [-0.2, -0.15) is 0 Å². The number of Topliss-reactive ketones (excluding diaryl/α,β-unsaturated/α-hetero) is 1. The first kappa shape index (κ1) is 17.2. The van der Waals surface area contributed by atoms with E-state index in [1.807, 2.05) is 6.08 Å². The maximum Gasteiger partial charge on any atom is 0.231 e. The van der Waals surface area contributed by atoms with Gasteiger partial charge in [0.1, 0.15) is 0 Å². The van der Waals surface area contributed by atoms with Crippen LogP contribution in [0.1, 0.15) is 19.3 Å². The molecule has 6 nitrogen and oxygen atoms in total. The number of carbonyl (C=O) groups is 1. The van der Waals surface area contributed by atoms with Crippen LogP contribution in [0.15, 0.2) is 23.4 Å². The molecule has 0 aromatic rings. The van der Waals surface area contributed by atoms with Crippen LogP contribution < -0.4 is 0 Å². The second-order valence-corrected chi connectivity index (χ2v) is 7.71. The number of nitrogens with zero attached hydrogens (tertiary/aromatic N) is 2. The Bertz CT molecular complexity index is 574. The van der Waals surface area contributed by atoms with E-state index in [2.05, 4.69) is 4.90 Å². The SMILES string of the molecule is CN(C1=CCCC(C(=O)CCN2CCOCC2)=C1)S(C)(=O)=O. The molecule has 124 valence electrons. The number of ketones is 1. The van der Waals surface area contributed by atoms with E-state index in [4.69, 9.17) is 4.74 Å². The summed E-state index contributed by atoms with van der Waals surface area (Å²) in [4.78, 5) is 14.6. The quantitative estimate of drug-likeness (QED) is 0.721. The number of likely N-dealkylation sites (N-methyl/N-ethyl adjacent to an activating group) is 1. The summed E-state index contributed by atoms with van der Waals surface area (Å²) in [6.07, 6.45) is 6.59. The molecule has 0 spiro atoms. The normalized spacial score (nSPS) is 20.3. The topological polar surface area (TPSA) is 66.9 Å². The molecule has 1 saturated heterocycles. The molecule has 0 amide bonds. The Hall–Kier alpha value is -1.18. The Morgan fingerprint density at radius 3 is 2.68 bits per heavy atom. The third-order valence-corrected chi connectivity index (χ3v) is 5.27. The lowest BCUT2D eigenvalue weighted by molar-refractivity contribution is -0.116. The summed E-state index contributed by atoms with van der Waals surface area (Å²) >= 11 is 0. The van der Waals surface area contributed by atoms with Crippen molar-refractivity contribution in [2.45, 2.75) is 19.3 Å². The molecule has 7 heteroatoms. The van der Waals surface area contributed by atoms with Crippen LogP contribution in [-0.2, 0) is 19.6 Å². The van der Waals surface area contributed by atoms with E-state index >= 15 is 0 Å². The van der Waals surface area contributed by atoms with Gasteiger partial charge in [-0.05, 0) is 24.5 Å². The number of hydrogen-bond acceptors (Lipinski definition) is 5. The monoisotopic (exact) mass is 328 g/mol. The van der Waals surface area contributed by atoms with Gasteiger partial charge in [-0.25, -0.2) is 8.42 Å². The minimum Gasteiger partial charge on any atom is -0.379 e. The number of hydrogen-bond donors (Lipinski definition) is 0. The number of ether oxygens (including phenoxy) is 1. The molecule has 22 heavy (non-hydrogen) atoms. The van der Waals surface area contributed by atoms with Crippen LogP contribution in [0.25, 0.3) is 0 Å². The fourth-order valence-electron chi connectivity index (χ4n) is 2.56. The first-order valence-electron chi connectivity index (χ1n) is 7.56. The van der Waals surface area contributed by atoms with Crippen molar-refractivity contribution < 1.29 is 17.9 Å². The number of morpholine rings is 1. The third-order valence-electron chi connectivity index (χ3n) is 4.07. The predicted octanol–water partition coefficient (Wildman–Crippen LogP) is 0.773. The Morgan fingerprint density at radius 1 is 1.36 bits per heavy atom. The molecule has 0 atom stereocenters. The molecule has 0 unspecified atom stereocenters. The van der Waals surface area contributed by atoms with Crippen molar-refractivity contribution in [1.82, 2.24) is 9.21 Å². The van der Waals surface area contributed by atoms with Crippen LogP contribution in [0.2, 0.25) is 0 Å². The molecule has 0 N–H and O–H groups in total. The average Bonchev–Trinajstić information content (AvgIpc) is 2.52. The molecule has 1 aliphatic heterocycles. The van der Waals surface area contributed by atoms with Crippen molar-refractivity contribution in [3.8, 4) is 0 Å². The fourth-order valence-corrected chi connectivity index (χ4v) is 3.07. The van der Waals surface area contributed by atoms with Gasteiger partial charge in [0.2, 0.25) is 10.0 Å². The van der Waals surface area contributed by atoms with Gasteiger partial charge in [0.15, 0.2) is 5.78 Å². The Morgan fingerprint density at radius 2 is 2.05 bits per heavy atom. The molecule has 1 fully saturated rings. The van der Waals surface area contributed by atoms with Crippen LogP contribution in [0.4, 0.5) is 0 Å². The van der Waals surface area contributed by atoms with Gasteiger partial charge in [0.05, 0.1) is 19.5 Å². The highest BCUT2D eigenvalue weighted by Crippen LogP contribution is 2.22. The van der Waals surface area contributed by atoms with Gasteiger partial charge in [0.25, 0.3) is 0 Å². The zero-order valence-electron chi connectivity index (χ0n) is 13.2. The second-order valence-electron chi connectivity index (χ2n) is 5.69. The van der Waals surface area contributed by atoms with Crippen LogP contribution in [0, 0.1) is 0 Å². The highest BCUT2D eigenvalue weighted by atomic mass is 32.2. The van der Waals surface area contributed by atoms with Crippen molar-refractivity contribution in [2.24, 2.45) is 0 Å². The van der Waals surface area contributed by atoms with Gasteiger partial charge in [0, 0.05) is 38.8 Å². The standard InChI is InChI=1S/C15H24N2O4S/c1-16(22(2,19)20)14-5-3-4-13(12-14)15(18)6-7-17-8-10-21-11-9-17/h5,12H,3-4,6-11H2,1-2H3. The van der Waals surface area contributed by atoms with Crippen molar-refractivity contribution in [1.29, 1.82) is 0 Å². The van der Waals surface area contributed by atoms with E-state index in [0.29, 0.717) is 25.0 Å². The summed E-state index contributed by atoms with van der Waals surface area (Å²) in [6.45, 7) is 3.93.